The topological polar surface area (TPSA) is 49.3 Å². The molecule has 2 atom stereocenters. The van der Waals surface area contributed by atoms with E-state index >= 15 is 0 Å². The minimum absolute atomic E-state index is 0.00516. The maximum absolute atomic E-state index is 12.1. The molecule has 1 fully saturated rings. The Bertz CT molecular complexity index is 441. The van der Waals surface area contributed by atoms with Crippen molar-refractivity contribution in [2.45, 2.75) is 52.1 Å². The zero-order valence-corrected chi connectivity index (χ0v) is 12.6. The summed E-state index contributed by atoms with van der Waals surface area (Å²) in [6.07, 6.45) is 4.89. The van der Waals surface area contributed by atoms with Gasteiger partial charge in [-0.3, -0.25) is 4.79 Å². The van der Waals surface area contributed by atoms with Crippen molar-refractivity contribution in [3.63, 3.8) is 0 Å². The predicted octanol–water partition coefficient (Wildman–Crippen LogP) is 2.90. The molecule has 0 aliphatic heterocycles. The fourth-order valence-electron chi connectivity index (χ4n) is 2.72. The van der Waals surface area contributed by atoms with Crippen molar-refractivity contribution in [1.29, 1.82) is 0 Å². The predicted molar refractivity (Wildman–Crippen MR) is 78.7 cm³/mol. The monoisotopic (exact) mass is 281 g/mol. The number of aliphatic hydroxyl groups is 1. The molecule has 0 aromatic carbocycles. The molecule has 1 aliphatic rings. The van der Waals surface area contributed by atoms with Crippen molar-refractivity contribution in [2.75, 3.05) is 6.54 Å². The van der Waals surface area contributed by atoms with Crippen LogP contribution in [0.5, 0.6) is 0 Å². The molecule has 3 nitrogen and oxygen atoms in total. The number of hydrogen-bond acceptors (Lipinski definition) is 3. The first-order valence-electron chi connectivity index (χ1n) is 7.17. The summed E-state index contributed by atoms with van der Waals surface area (Å²) in [4.78, 5) is 14.2. The van der Waals surface area contributed by atoms with Gasteiger partial charge in [0.05, 0.1) is 11.0 Å². The fraction of sp³-hybridized carbons (Fsp3) is 0.667. The van der Waals surface area contributed by atoms with Gasteiger partial charge in [-0.05, 0) is 37.8 Å². The normalized spacial score (nSPS) is 23.3. The molecule has 1 heterocycles. The van der Waals surface area contributed by atoms with Gasteiger partial charge in [-0.15, -0.1) is 11.3 Å². The largest absolute Gasteiger partial charge is 0.393 e. The van der Waals surface area contributed by atoms with Gasteiger partial charge in [-0.25, -0.2) is 0 Å². The van der Waals surface area contributed by atoms with Crippen molar-refractivity contribution < 1.29 is 9.90 Å². The Balaban J connectivity index is 1.89. The number of nitrogens with one attached hydrogen (secondary N) is 1. The maximum Gasteiger partial charge on any atom is 0.261 e. The minimum atomic E-state index is -0.245. The molecular weight excluding hydrogens is 258 g/mol. The van der Waals surface area contributed by atoms with Crippen LogP contribution in [0, 0.1) is 12.8 Å². The second-order valence-corrected chi connectivity index (χ2v) is 6.53. The van der Waals surface area contributed by atoms with E-state index in [1.165, 1.54) is 10.4 Å². The second kappa shape index (κ2) is 6.53. The van der Waals surface area contributed by atoms with Crippen LogP contribution in [0.15, 0.2) is 6.07 Å². The highest BCUT2D eigenvalue weighted by molar-refractivity contribution is 7.14. The summed E-state index contributed by atoms with van der Waals surface area (Å²) in [6, 6.07) is 1.97. The highest BCUT2D eigenvalue weighted by Crippen LogP contribution is 2.25. The summed E-state index contributed by atoms with van der Waals surface area (Å²) in [5.41, 5.74) is 1.20. The van der Waals surface area contributed by atoms with Crippen LogP contribution in [0.25, 0.3) is 0 Å². The van der Waals surface area contributed by atoms with Crippen LogP contribution in [-0.4, -0.2) is 23.7 Å². The third-order valence-electron chi connectivity index (χ3n) is 3.96. The SMILES string of the molecule is CCc1sc(C(=O)NCC2CCCCC2O)cc1C. The molecule has 1 amide bonds. The summed E-state index contributed by atoms with van der Waals surface area (Å²) in [5, 5.41) is 12.9. The summed E-state index contributed by atoms with van der Waals surface area (Å²) in [6.45, 7) is 4.76. The quantitative estimate of drug-likeness (QED) is 0.891. The molecule has 1 saturated carbocycles. The first-order valence-corrected chi connectivity index (χ1v) is 7.99. The van der Waals surface area contributed by atoms with Gasteiger partial charge in [0, 0.05) is 17.3 Å². The van der Waals surface area contributed by atoms with Crippen LogP contribution >= 0.6 is 11.3 Å². The molecule has 2 rings (SSSR count). The number of hydrogen-bond donors (Lipinski definition) is 2. The van der Waals surface area contributed by atoms with Crippen molar-refractivity contribution in [3.05, 3.63) is 21.4 Å². The number of carbonyl (C=O) groups excluding carboxylic acids is 1. The zero-order chi connectivity index (χ0) is 13.8. The molecule has 1 aliphatic carbocycles. The molecule has 2 unspecified atom stereocenters. The summed E-state index contributed by atoms with van der Waals surface area (Å²) >= 11 is 1.58. The second-order valence-electron chi connectivity index (χ2n) is 5.39. The average Bonchev–Trinajstić information content (AvgIpc) is 2.79. The van der Waals surface area contributed by atoms with Crippen LogP contribution in [0.2, 0.25) is 0 Å². The minimum Gasteiger partial charge on any atom is -0.393 e. The molecule has 0 spiro atoms. The molecule has 0 bridgehead atoms. The average molecular weight is 281 g/mol. The number of carbonyl (C=O) groups is 1. The number of rotatable bonds is 4. The Labute approximate surface area is 119 Å². The van der Waals surface area contributed by atoms with E-state index in [4.69, 9.17) is 0 Å². The van der Waals surface area contributed by atoms with E-state index in [2.05, 4.69) is 19.2 Å². The van der Waals surface area contributed by atoms with Gasteiger partial charge in [0.15, 0.2) is 0 Å². The van der Waals surface area contributed by atoms with Crippen molar-refractivity contribution in [1.82, 2.24) is 5.32 Å². The van der Waals surface area contributed by atoms with Gasteiger partial charge < -0.3 is 10.4 Å². The van der Waals surface area contributed by atoms with Crippen molar-refractivity contribution >= 4 is 17.2 Å². The molecular formula is C15H23NO2S. The van der Waals surface area contributed by atoms with Crippen LogP contribution in [-0.2, 0) is 6.42 Å². The van der Waals surface area contributed by atoms with Crippen molar-refractivity contribution in [2.24, 2.45) is 5.92 Å². The molecule has 106 valence electrons. The number of aryl methyl sites for hydroxylation is 2. The first-order chi connectivity index (χ1) is 9.11. The third-order valence-corrected chi connectivity index (χ3v) is 5.34. The smallest absolute Gasteiger partial charge is 0.261 e. The van der Waals surface area contributed by atoms with Gasteiger partial charge in [0.25, 0.3) is 5.91 Å². The Morgan fingerprint density at radius 2 is 2.21 bits per heavy atom. The Hall–Kier alpha value is -0.870. The molecule has 0 saturated heterocycles. The summed E-state index contributed by atoms with van der Waals surface area (Å²) in [5.74, 6) is 0.231. The van der Waals surface area contributed by atoms with Gasteiger partial charge in [0.2, 0.25) is 0 Å². The molecule has 2 N–H and O–H groups in total. The fourth-order valence-corrected chi connectivity index (χ4v) is 3.75. The molecule has 19 heavy (non-hydrogen) atoms. The zero-order valence-electron chi connectivity index (χ0n) is 11.7. The lowest BCUT2D eigenvalue weighted by atomic mass is 9.86. The van der Waals surface area contributed by atoms with E-state index < -0.39 is 0 Å². The highest BCUT2D eigenvalue weighted by atomic mass is 32.1. The van der Waals surface area contributed by atoms with E-state index in [1.54, 1.807) is 11.3 Å². The number of amides is 1. The van der Waals surface area contributed by atoms with Crippen LogP contribution in [0.4, 0.5) is 0 Å². The molecule has 4 heteroatoms. The van der Waals surface area contributed by atoms with Crippen molar-refractivity contribution in [3.8, 4) is 0 Å². The molecule has 1 aromatic rings. The lowest BCUT2D eigenvalue weighted by Crippen LogP contribution is -2.36. The number of thiophene rings is 1. The molecule has 0 radical (unpaired) electrons. The standard InChI is InChI=1S/C15H23NO2S/c1-3-13-10(2)8-14(19-13)15(18)16-9-11-6-4-5-7-12(11)17/h8,11-12,17H,3-7,9H2,1-2H3,(H,16,18). The van der Waals surface area contributed by atoms with E-state index in [-0.39, 0.29) is 17.9 Å². The summed E-state index contributed by atoms with van der Waals surface area (Å²) in [7, 11) is 0. The van der Waals surface area contributed by atoms with Crippen LogP contribution in [0.3, 0.4) is 0 Å². The Morgan fingerprint density at radius 3 is 2.84 bits per heavy atom. The van der Waals surface area contributed by atoms with E-state index in [9.17, 15) is 9.90 Å². The third kappa shape index (κ3) is 3.57. The lowest BCUT2D eigenvalue weighted by Gasteiger charge is -2.27. The van der Waals surface area contributed by atoms with Gasteiger partial charge in [-0.1, -0.05) is 19.8 Å². The first kappa shape index (κ1) is 14.5. The van der Waals surface area contributed by atoms with Crippen LogP contribution < -0.4 is 5.32 Å². The van der Waals surface area contributed by atoms with Gasteiger partial charge in [-0.2, -0.15) is 0 Å². The highest BCUT2D eigenvalue weighted by Gasteiger charge is 2.23. The van der Waals surface area contributed by atoms with E-state index in [0.717, 1.165) is 37.0 Å². The lowest BCUT2D eigenvalue weighted by molar-refractivity contribution is 0.0664. The van der Waals surface area contributed by atoms with E-state index in [0.29, 0.717) is 6.54 Å². The van der Waals surface area contributed by atoms with E-state index in [1.807, 2.05) is 6.07 Å². The Morgan fingerprint density at radius 1 is 1.47 bits per heavy atom. The van der Waals surface area contributed by atoms with Gasteiger partial charge >= 0.3 is 0 Å². The maximum atomic E-state index is 12.1. The summed E-state index contributed by atoms with van der Waals surface area (Å²) < 4.78 is 0. The molecule has 1 aromatic heterocycles. The van der Waals surface area contributed by atoms with Crippen LogP contribution in [0.1, 0.15) is 52.7 Å². The number of aliphatic hydroxyl groups excluding tert-OH is 1. The van der Waals surface area contributed by atoms with Gasteiger partial charge in [0.1, 0.15) is 0 Å². The Kier molecular flexibility index (Phi) is 4.99.